The predicted molar refractivity (Wildman–Crippen MR) is 138 cm³/mol. The number of hydrogen-bond donors (Lipinski definition) is 5. The second kappa shape index (κ2) is 14.1. The number of carbonyl (C=O) groups is 2. The summed E-state index contributed by atoms with van der Waals surface area (Å²) in [7, 11) is 1.39. The molecule has 0 amide bonds. The molecule has 0 radical (unpaired) electrons. The van der Waals surface area contributed by atoms with Crippen molar-refractivity contribution in [2.24, 2.45) is 0 Å². The number of aromatic hydroxyl groups is 1. The Kier molecular flexibility index (Phi) is 10.8. The number of aliphatic hydroxyl groups is 4. The number of carbonyl (C=O) groups excluding carboxylic acids is 2. The fourth-order valence-corrected chi connectivity index (χ4v) is 4.28. The van der Waals surface area contributed by atoms with Crippen LogP contribution in [0.5, 0.6) is 11.5 Å². The van der Waals surface area contributed by atoms with Gasteiger partial charge in [0.25, 0.3) is 0 Å². The Hall–Kier alpha value is -3.48. The van der Waals surface area contributed by atoms with Crippen molar-refractivity contribution < 1.29 is 54.1 Å². The lowest BCUT2D eigenvalue weighted by Crippen LogP contribution is -2.61. The lowest BCUT2D eigenvalue weighted by Gasteiger charge is -2.41. The third kappa shape index (κ3) is 8.01. The first-order valence-electron chi connectivity index (χ1n) is 12.4. The number of hydrogen-bond acceptors (Lipinski definition) is 11. The number of ether oxygens (including phenoxy) is 4. The number of methoxy groups -OCH3 is 1. The molecule has 39 heavy (non-hydrogen) atoms. The Bertz CT molecular complexity index is 1160. The first-order chi connectivity index (χ1) is 18.7. The lowest BCUT2D eigenvalue weighted by molar-refractivity contribution is -0.292. The van der Waals surface area contributed by atoms with E-state index in [1.54, 1.807) is 6.07 Å². The number of esters is 2. The van der Waals surface area contributed by atoms with E-state index in [2.05, 4.69) is 0 Å². The highest BCUT2D eigenvalue weighted by atomic mass is 16.7. The Labute approximate surface area is 225 Å². The molecule has 11 nitrogen and oxygen atoms in total. The van der Waals surface area contributed by atoms with Crippen molar-refractivity contribution in [1.29, 1.82) is 0 Å². The average Bonchev–Trinajstić information content (AvgIpc) is 2.91. The monoisotopic (exact) mass is 546 g/mol. The number of phenols is 1. The molecule has 0 saturated carbocycles. The molecule has 0 aromatic heterocycles. The fraction of sp³-hybridized carbons (Fsp3) is 0.429. The Morgan fingerprint density at radius 2 is 1.72 bits per heavy atom. The van der Waals surface area contributed by atoms with Crippen LogP contribution in [0.1, 0.15) is 30.0 Å². The Balaban J connectivity index is 1.90. The molecule has 2 aromatic rings. The summed E-state index contributed by atoms with van der Waals surface area (Å²) in [5, 5.41) is 49.6. The minimum atomic E-state index is -1.79. The van der Waals surface area contributed by atoms with Crippen molar-refractivity contribution >= 4 is 18.0 Å². The van der Waals surface area contributed by atoms with Gasteiger partial charge in [0, 0.05) is 19.1 Å². The summed E-state index contributed by atoms with van der Waals surface area (Å²) in [6.07, 6.45) is -5.05. The van der Waals surface area contributed by atoms with Crippen molar-refractivity contribution in [3.05, 3.63) is 64.7 Å². The molecular formula is C28H34O11. The summed E-state index contributed by atoms with van der Waals surface area (Å²) < 4.78 is 21.0. The van der Waals surface area contributed by atoms with Crippen LogP contribution in [-0.2, 0) is 36.6 Å². The number of aryl methyl sites for hydroxylation is 1. The van der Waals surface area contributed by atoms with Crippen LogP contribution in [0.4, 0.5) is 0 Å². The zero-order chi connectivity index (χ0) is 28.5. The maximum Gasteiger partial charge on any atom is 0.334 e. The van der Waals surface area contributed by atoms with Gasteiger partial charge in [-0.05, 0) is 54.2 Å². The van der Waals surface area contributed by atoms with Crippen LogP contribution in [0, 0.1) is 0 Å². The fourth-order valence-electron chi connectivity index (χ4n) is 4.28. The normalized spacial score (nSPS) is 23.2. The van der Waals surface area contributed by atoms with Gasteiger partial charge in [-0.2, -0.15) is 0 Å². The third-order valence-corrected chi connectivity index (χ3v) is 6.24. The molecule has 3 rings (SSSR count). The number of benzene rings is 2. The highest BCUT2D eigenvalue weighted by Gasteiger charge is 2.49. The average molecular weight is 547 g/mol. The molecule has 5 atom stereocenters. The molecule has 5 N–H and O–H groups in total. The molecule has 1 fully saturated rings. The third-order valence-electron chi connectivity index (χ3n) is 6.24. The van der Waals surface area contributed by atoms with Crippen LogP contribution in [0.3, 0.4) is 0 Å². The van der Waals surface area contributed by atoms with E-state index in [9.17, 15) is 35.1 Å². The van der Waals surface area contributed by atoms with E-state index >= 15 is 0 Å². The minimum absolute atomic E-state index is 0.00188. The molecule has 212 valence electrons. The number of rotatable bonds is 11. The van der Waals surface area contributed by atoms with Gasteiger partial charge in [0.1, 0.15) is 12.2 Å². The second-order valence-electron chi connectivity index (χ2n) is 9.08. The lowest BCUT2D eigenvalue weighted by atomic mass is 9.98. The molecule has 1 aliphatic rings. The van der Waals surface area contributed by atoms with Crippen molar-refractivity contribution in [2.45, 2.75) is 56.9 Å². The topological polar surface area (TPSA) is 172 Å². The van der Waals surface area contributed by atoms with E-state index in [1.807, 2.05) is 24.3 Å². The van der Waals surface area contributed by atoms with Crippen molar-refractivity contribution in [1.82, 2.24) is 0 Å². The summed E-state index contributed by atoms with van der Waals surface area (Å²) in [6.45, 7) is 0.428. The highest BCUT2D eigenvalue weighted by molar-refractivity contribution is 5.94. The molecule has 2 aromatic carbocycles. The van der Waals surface area contributed by atoms with E-state index < -0.39 is 49.3 Å². The quantitative estimate of drug-likeness (QED) is 0.200. The SMILES string of the molecule is COc1cc(C=C(CCc2cccc(CCO)c2)C(=O)O[C@@H]2[C@@H](OC(C)=O)[C@@H](O)[C@H](CO)O[C@H]2O)ccc1O. The van der Waals surface area contributed by atoms with Gasteiger partial charge >= 0.3 is 11.9 Å². The van der Waals surface area contributed by atoms with Crippen LogP contribution < -0.4 is 4.74 Å². The van der Waals surface area contributed by atoms with E-state index in [0.29, 0.717) is 18.4 Å². The van der Waals surface area contributed by atoms with Gasteiger partial charge < -0.3 is 44.5 Å². The standard InChI is InChI=1S/C28H34O11/c1-16(31)37-25-24(33)23(15-30)38-28(35)26(25)39-27(34)20(13-19-7-9-21(32)22(14-19)36-2)8-6-17-4-3-5-18(12-17)10-11-29/h3-5,7,9,12-14,23-26,28-30,32-33,35H,6,8,10-11,15H2,1-2H3/t23-,24-,25-,26+,28+/m0/s1. The van der Waals surface area contributed by atoms with Gasteiger partial charge in [-0.3, -0.25) is 4.79 Å². The maximum atomic E-state index is 13.4. The van der Waals surface area contributed by atoms with Crippen LogP contribution in [-0.4, -0.2) is 88.5 Å². The highest BCUT2D eigenvalue weighted by Crippen LogP contribution is 2.29. The van der Waals surface area contributed by atoms with E-state index in [-0.39, 0.29) is 30.1 Å². The van der Waals surface area contributed by atoms with Gasteiger partial charge in [0.15, 0.2) is 30.0 Å². The van der Waals surface area contributed by atoms with E-state index in [1.165, 1.54) is 25.3 Å². The Morgan fingerprint density at radius 1 is 1.00 bits per heavy atom. The minimum Gasteiger partial charge on any atom is -0.504 e. The van der Waals surface area contributed by atoms with Gasteiger partial charge in [-0.25, -0.2) is 4.79 Å². The van der Waals surface area contributed by atoms with Crippen molar-refractivity contribution in [3.8, 4) is 11.5 Å². The molecule has 0 aliphatic carbocycles. The summed E-state index contributed by atoms with van der Waals surface area (Å²) in [5.41, 5.74) is 2.53. The molecule has 0 bridgehead atoms. The van der Waals surface area contributed by atoms with Gasteiger partial charge in [0.05, 0.1) is 13.7 Å². The number of phenolic OH excluding ortho intramolecular Hbond substituents is 1. The molecule has 11 heteroatoms. The van der Waals surface area contributed by atoms with Crippen LogP contribution in [0.25, 0.3) is 6.08 Å². The van der Waals surface area contributed by atoms with Crippen LogP contribution >= 0.6 is 0 Å². The summed E-state index contributed by atoms with van der Waals surface area (Å²) in [4.78, 5) is 25.1. The molecule has 0 spiro atoms. The zero-order valence-electron chi connectivity index (χ0n) is 21.7. The van der Waals surface area contributed by atoms with Crippen LogP contribution in [0.15, 0.2) is 48.0 Å². The zero-order valence-corrected chi connectivity index (χ0v) is 21.7. The smallest absolute Gasteiger partial charge is 0.334 e. The van der Waals surface area contributed by atoms with Gasteiger partial charge in [-0.1, -0.05) is 30.3 Å². The van der Waals surface area contributed by atoms with Gasteiger partial charge in [0.2, 0.25) is 0 Å². The second-order valence-corrected chi connectivity index (χ2v) is 9.08. The summed E-state index contributed by atoms with van der Waals surface area (Å²) >= 11 is 0. The molecule has 1 aliphatic heterocycles. The van der Waals surface area contributed by atoms with E-state index in [0.717, 1.165) is 18.1 Å². The summed E-state index contributed by atoms with van der Waals surface area (Å²) in [5.74, 6) is -1.55. The van der Waals surface area contributed by atoms with E-state index in [4.69, 9.17) is 18.9 Å². The predicted octanol–water partition coefficient (Wildman–Crippen LogP) is 0.866. The maximum absolute atomic E-state index is 13.4. The molecule has 1 heterocycles. The Morgan fingerprint density at radius 3 is 2.36 bits per heavy atom. The van der Waals surface area contributed by atoms with Crippen molar-refractivity contribution in [2.75, 3.05) is 20.3 Å². The first-order valence-corrected chi connectivity index (χ1v) is 12.4. The van der Waals surface area contributed by atoms with Gasteiger partial charge in [-0.15, -0.1) is 0 Å². The number of aliphatic hydroxyl groups excluding tert-OH is 4. The molecule has 1 saturated heterocycles. The first kappa shape index (κ1) is 30.1. The molecular weight excluding hydrogens is 512 g/mol. The largest absolute Gasteiger partial charge is 0.504 e. The van der Waals surface area contributed by atoms with Crippen molar-refractivity contribution in [3.63, 3.8) is 0 Å². The summed E-state index contributed by atoms with van der Waals surface area (Å²) in [6, 6.07) is 12.1. The van der Waals surface area contributed by atoms with Crippen LogP contribution in [0.2, 0.25) is 0 Å². The molecule has 0 unspecified atom stereocenters.